The largest absolute Gasteiger partial charge is 0.494 e. The first-order chi connectivity index (χ1) is 13.8. The van der Waals surface area contributed by atoms with Gasteiger partial charge < -0.3 is 9.47 Å². The van der Waals surface area contributed by atoms with Crippen molar-refractivity contribution in [2.45, 2.75) is 37.1 Å². The number of nitrogens with zero attached hydrogens (tertiary/aromatic N) is 3. The third-order valence-corrected chi connectivity index (χ3v) is 5.70. The second-order valence-corrected chi connectivity index (χ2v) is 7.75. The Labute approximate surface area is 167 Å². The Morgan fingerprint density at radius 1 is 1.21 bits per heavy atom. The minimum atomic E-state index is -0.0448. The molecule has 1 aliphatic heterocycles. The van der Waals surface area contributed by atoms with Crippen LogP contribution in [0.1, 0.15) is 19.3 Å². The fourth-order valence-electron chi connectivity index (χ4n) is 3.23. The molecule has 3 aromatic rings. The number of benzene rings is 1. The molecule has 1 saturated heterocycles. The van der Waals surface area contributed by atoms with Crippen LogP contribution in [-0.2, 0) is 11.3 Å². The van der Waals surface area contributed by atoms with Crippen molar-refractivity contribution in [3.05, 3.63) is 59.0 Å². The van der Waals surface area contributed by atoms with Crippen molar-refractivity contribution in [1.82, 2.24) is 14.5 Å². The van der Waals surface area contributed by atoms with Crippen molar-refractivity contribution in [2.24, 2.45) is 0 Å². The van der Waals surface area contributed by atoms with E-state index in [9.17, 15) is 4.79 Å². The highest BCUT2D eigenvalue weighted by Gasteiger charge is 2.20. The maximum atomic E-state index is 13.0. The minimum absolute atomic E-state index is 0.0448. The lowest BCUT2D eigenvalue weighted by Gasteiger charge is -2.16. The highest BCUT2D eigenvalue weighted by atomic mass is 32.2. The molecule has 6 nitrogen and oxygen atoms in total. The van der Waals surface area contributed by atoms with Gasteiger partial charge in [-0.1, -0.05) is 30.0 Å². The highest BCUT2D eigenvalue weighted by Crippen LogP contribution is 2.21. The van der Waals surface area contributed by atoms with Gasteiger partial charge >= 0.3 is 0 Å². The normalized spacial score (nSPS) is 16.5. The van der Waals surface area contributed by atoms with Gasteiger partial charge in [-0.15, -0.1) is 0 Å². The molecular formula is C21H23N3O3S. The molecule has 28 heavy (non-hydrogen) atoms. The number of thioether (sulfide) groups is 1. The number of para-hydroxylation sites is 1. The quantitative estimate of drug-likeness (QED) is 0.329. The number of pyridine rings is 1. The van der Waals surface area contributed by atoms with E-state index in [1.807, 2.05) is 30.3 Å². The van der Waals surface area contributed by atoms with Crippen LogP contribution in [0, 0.1) is 0 Å². The molecule has 0 N–H and O–H groups in total. The van der Waals surface area contributed by atoms with Crippen LogP contribution < -0.4 is 10.3 Å². The summed E-state index contributed by atoms with van der Waals surface area (Å²) < 4.78 is 13.2. The van der Waals surface area contributed by atoms with Crippen LogP contribution in [-0.4, -0.2) is 39.6 Å². The molecule has 0 radical (unpaired) electrons. The molecule has 1 atom stereocenters. The van der Waals surface area contributed by atoms with E-state index in [2.05, 4.69) is 9.97 Å². The van der Waals surface area contributed by atoms with E-state index in [0.717, 1.165) is 37.4 Å². The summed E-state index contributed by atoms with van der Waals surface area (Å²) in [7, 11) is 0. The summed E-state index contributed by atoms with van der Waals surface area (Å²) in [5, 5.41) is 1.25. The fraction of sp³-hybridized carbons (Fsp3) is 0.381. The monoisotopic (exact) mass is 397 g/mol. The summed E-state index contributed by atoms with van der Waals surface area (Å²) in [4.78, 5) is 21.9. The van der Waals surface area contributed by atoms with E-state index in [4.69, 9.17) is 9.47 Å². The van der Waals surface area contributed by atoms with Crippen molar-refractivity contribution in [1.29, 1.82) is 0 Å². The zero-order valence-corrected chi connectivity index (χ0v) is 16.4. The minimum Gasteiger partial charge on any atom is -0.494 e. The van der Waals surface area contributed by atoms with Gasteiger partial charge in [0.15, 0.2) is 10.8 Å². The predicted octanol–water partition coefficient (Wildman–Crippen LogP) is 3.53. The van der Waals surface area contributed by atoms with Crippen LogP contribution >= 0.6 is 11.8 Å². The van der Waals surface area contributed by atoms with Crippen LogP contribution in [0.3, 0.4) is 0 Å². The number of hydrogen-bond acceptors (Lipinski definition) is 6. The molecule has 1 aromatic carbocycles. The Morgan fingerprint density at radius 2 is 2.11 bits per heavy atom. The van der Waals surface area contributed by atoms with E-state index < -0.39 is 0 Å². The molecule has 0 spiro atoms. The Bertz CT molecular complexity index is 972. The first kappa shape index (κ1) is 19.0. The Morgan fingerprint density at radius 3 is 2.93 bits per heavy atom. The van der Waals surface area contributed by atoms with Crippen molar-refractivity contribution < 1.29 is 9.47 Å². The Balaban J connectivity index is 1.45. The average Bonchev–Trinajstić information content (AvgIpc) is 3.24. The predicted molar refractivity (Wildman–Crippen MR) is 110 cm³/mol. The molecule has 1 unspecified atom stereocenters. The SMILES string of the molecule is O=c1c2cccnc2nc(SCCCOc2ccccc2)n1CC1CCCO1. The lowest BCUT2D eigenvalue weighted by Crippen LogP contribution is -2.29. The summed E-state index contributed by atoms with van der Waals surface area (Å²) in [6.45, 7) is 1.93. The molecule has 7 heteroatoms. The van der Waals surface area contributed by atoms with E-state index >= 15 is 0 Å². The summed E-state index contributed by atoms with van der Waals surface area (Å²) in [6, 6.07) is 13.3. The van der Waals surface area contributed by atoms with E-state index in [1.54, 1.807) is 34.7 Å². The standard InChI is InChI=1S/C21H23N3O3S/c25-20-18-10-4-11-22-19(18)23-21(24(20)15-17-9-5-12-27-17)28-14-6-13-26-16-7-2-1-3-8-16/h1-4,7-8,10-11,17H,5-6,9,12-15H2. The van der Waals surface area contributed by atoms with Crippen LogP contribution in [0.25, 0.3) is 11.0 Å². The number of fused-ring (bicyclic) bond motifs is 1. The van der Waals surface area contributed by atoms with Crippen LogP contribution in [0.5, 0.6) is 5.75 Å². The topological polar surface area (TPSA) is 66.2 Å². The van der Waals surface area contributed by atoms with Crippen molar-refractivity contribution in [2.75, 3.05) is 19.0 Å². The summed E-state index contributed by atoms with van der Waals surface area (Å²) in [5.41, 5.74) is 0.454. The average molecular weight is 398 g/mol. The maximum Gasteiger partial charge on any atom is 0.263 e. The summed E-state index contributed by atoms with van der Waals surface area (Å²) in [5.74, 6) is 1.68. The van der Waals surface area contributed by atoms with Crippen LogP contribution in [0.2, 0.25) is 0 Å². The lowest BCUT2D eigenvalue weighted by molar-refractivity contribution is 0.0937. The first-order valence-electron chi connectivity index (χ1n) is 9.59. The molecule has 0 bridgehead atoms. The highest BCUT2D eigenvalue weighted by molar-refractivity contribution is 7.99. The maximum absolute atomic E-state index is 13.0. The van der Waals surface area contributed by atoms with Crippen molar-refractivity contribution in [3.8, 4) is 5.75 Å². The molecule has 1 fully saturated rings. The molecule has 4 rings (SSSR count). The zero-order valence-electron chi connectivity index (χ0n) is 15.6. The first-order valence-corrected chi connectivity index (χ1v) is 10.6. The van der Waals surface area contributed by atoms with Crippen LogP contribution in [0.4, 0.5) is 0 Å². The number of hydrogen-bond donors (Lipinski definition) is 0. The van der Waals surface area contributed by atoms with E-state index in [0.29, 0.717) is 29.3 Å². The Kier molecular flexibility index (Phi) is 6.24. The summed E-state index contributed by atoms with van der Waals surface area (Å²) >= 11 is 1.57. The van der Waals surface area contributed by atoms with Crippen molar-refractivity contribution >= 4 is 22.8 Å². The van der Waals surface area contributed by atoms with Gasteiger partial charge in [-0.05, 0) is 43.5 Å². The molecule has 146 valence electrons. The van der Waals surface area contributed by atoms with Gasteiger partial charge in [0.05, 0.1) is 24.6 Å². The van der Waals surface area contributed by atoms with Gasteiger partial charge in [0.2, 0.25) is 0 Å². The second-order valence-electron chi connectivity index (χ2n) is 6.68. The summed E-state index contributed by atoms with van der Waals surface area (Å²) in [6.07, 6.45) is 4.62. The van der Waals surface area contributed by atoms with Crippen molar-refractivity contribution in [3.63, 3.8) is 0 Å². The number of ether oxygens (including phenoxy) is 2. The van der Waals surface area contributed by atoms with E-state index in [1.165, 1.54) is 0 Å². The molecule has 0 saturated carbocycles. The second kappa shape index (κ2) is 9.21. The third kappa shape index (κ3) is 4.54. The molecule has 0 amide bonds. The molecule has 1 aliphatic rings. The van der Waals surface area contributed by atoms with Gasteiger partial charge in [0.25, 0.3) is 5.56 Å². The third-order valence-electron chi connectivity index (χ3n) is 4.64. The van der Waals surface area contributed by atoms with Gasteiger partial charge in [-0.2, -0.15) is 0 Å². The number of aromatic nitrogens is 3. The zero-order chi connectivity index (χ0) is 19.2. The fourth-order valence-corrected chi connectivity index (χ4v) is 4.14. The van der Waals surface area contributed by atoms with Gasteiger partial charge in [-0.25, -0.2) is 9.97 Å². The van der Waals surface area contributed by atoms with Crippen LogP contribution in [0.15, 0.2) is 58.6 Å². The smallest absolute Gasteiger partial charge is 0.263 e. The Hall–Kier alpha value is -2.38. The van der Waals surface area contributed by atoms with Gasteiger partial charge in [-0.3, -0.25) is 9.36 Å². The molecule has 0 aliphatic carbocycles. The molecular weight excluding hydrogens is 374 g/mol. The van der Waals surface area contributed by atoms with E-state index in [-0.39, 0.29) is 11.7 Å². The lowest BCUT2D eigenvalue weighted by atomic mass is 10.2. The molecule has 3 heterocycles. The van der Waals surface area contributed by atoms with Gasteiger partial charge in [0.1, 0.15) is 5.75 Å². The van der Waals surface area contributed by atoms with Gasteiger partial charge in [0, 0.05) is 18.6 Å². The number of rotatable bonds is 8. The molecule has 2 aromatic heterocycles.